The average molecular weight is 1080 g/mol. The smallest absolute Gasteiger partial charge is 0.122 e. The number of hydrogen-bond acceptors (Lipinski definition) is 8. The highest BCUT2D eigenvalue weighted by Crippen LogP contribution is 2.58. The highest BCUT2D eigenvalue weighted by atomic mass is 32.1. The molecule has 0 saturated heterocycles. The van der Waals surface area contributed by atoms with Gasteiger partial charge in [-0.1, -0.05) is 146 Å². The minimum Gasteiger partial charge on any atom is -0.493 e. The van der Waals surface area contributed by atoms with Crippen LogP contribution < -0.4 is 18.9 Å². The van der Waals surface area contributed by atoms with Crippen molar-refractivity contribution in [1.29, 1.82) is 0 Å². The molecule has 76 heavy (non-hydrogen) atoms. The van der Waals surface area contributed by atoms with E-state index >= 15 is 0 Å². The van der Waals surface area contributed by atoms with E-state index < -0.39 is 10.8 Å². The minimum absolute atomic E-state index is 0.433. The zero-order valence-corrected chi connectivity index (χ0v) is 48.1. The van der Waals surface area contributed by atoms with Crippen LogP contribution in [0.1, 0.15) is 105 Å². The van der Waals surface area contributed by atoms with E-state index in [9.17, 15) is 0 Å². The lowest BCUT2D eigenvalue weighted by Crippen LogP contribution is -2.29. The molecule has 10 rings (SSSR count). The fourth-order valence-electron chi connectivity index (χ4n) is 11.5. The molecule has 0 fully saturated rings. The average Bonchev–Trinajstić information content (AvgIpc) is 4.11. The summed E-state index contributed by atoms with van der Waals surface area (Å²) in [7, 11) is 0. The maximum Gasteiger partial charge on any atom is 0.122 e. The van der Waals surface area contributed by atoms with Gasteiger partial charge in [-0.2, -0.15) is 50.5 Å². The fourth-order valence-corrected chi connectivity index (χ4v) is 12.2. The molecule has 0 bridgehead atoms. The van der Waals surface area contributed by atoms with Crippen molar-refractivity contribution >= 4 is 50.5 Å². The van der Waals surface area contributed by atoms with Gasteiger partial charge in [-0.25, -0.2) is 0 Å². The van der Waals surface area contributed by atoms with Gasteiger partial charge in [0.25, 0.3) is 0 Å². The SMILES string of the molecule is Cc1cc(C2(c3ccc(OCCCCS)c(C)c3)c3ccccc3-c3ccccc32)ccc1OCCCCS.Cc1cc(C2(c3ccc(OCCCS)c(C)c3)c3ccccc3-c3ccccc32)ccc1OCCCS. The third-order valence-corrected chi connectivity index (χ3v) is 16.3. The van der Waals surface area contributed by atoms with Crippen molar-refractivity contribution in [3.63, 3.8) is 0 Å². The minimum atomic E-state index is -0.435. The van der Waals surface area contributed by atoms with Crippen molar-refractivity contribution in [2.24, 2.45) is 0 Å². The van der Waals surface area contributed by atoms with Crippen molar-refractivity contribution in [3.8, 4) is 45.3 Å². The van der Waals surface area contributed by atoms with Crippen LogP contribution in [0.5, 0.6) is 23.0 Å². The van der Waals surface area contributed by atoms with E-state index in [4.69, 9.17) is 18.9 Å². The molecule has 0 aromatic heterocycles. The highest BCUT2D eigenvalue weighted by molar-refractivity contribution is 7.80. The molecule has 4 nitrogen and oxygen atoms in total. The van der Waals surface area contributed by atoms with Crippen LogP contribution in [0.25, 0.3) is 22.3 Å². The first-order valence-corrected chi connectivity index (χ1v) is 29.5. The van der Waals surface area contributed by atoms with Gasteiger partial charge in [0.2, 0.25) is 0 Å². The molecule has 8 aromatic rings. The lowest BCUT2D eigenvalue weighted by Gasteiger charge is -2.34. The first kappa shape index (κ1) is 55.1. The third kappa shape index (κ3) is 10.9. The fraction of sp³-hybridized carbons (Fsp3) is 0.294. The van der Waals surface area contributed by atoms with Crippen molar-refractivity contribution in [2.75, 3.05) is 49.4 Å². The van der Waals surface area contributed by atoms with Gasteiger partial charge in [0.05, 0.1) is 37.3 Å². The number of aryl methyl sites for hydroxylation is 4. The standard InChI is InChI=1S/C35H38O2S2.C33H34O2S2/c1-25-23-27(15-17-33(25)36-19-7-9-21-38)35(28-16-18-34(26(2)24-28)37-20-8-10-22-39)31-13-5-3-11-29(31)30-12-4-6-14-32(30)35;1-23-21-25(13-15-31(23)34-17-7-19-36)33(26-14-16-32(24(2)22-26)35-18-8-20-37)29-11-5-3-9-27(29)28-10-4-6-12-30(28)33/h3-6,11-18,23-24,38-39H,7-10,19-22H2,1-2H3;3-6,9-16,21-22,36-37H,7-8,17-20H2,1-2H3. The molecule has 0 aliphatic heterocycles. The summed E-state index contributed by atoms with van der Waals surface area (Å²) < 4.78 is 24.5. The van der Waals surface area contributed by atoms with Gasteiger partial charge in [-0.05, 0) is 203 Å². The van der Waals surface area contributed by atoms with Crippen LogP contribution in [0.2, 0.25) is 0 Å². The Morgan fingerprint density at radius 2 is 0.526 bits per heavy atom. The second kappa shape index (κ2) is 25.7. The molecular weight excluding hydrogens is 1010 g/mol. The van der Waals surface area contributed by atoms with Crippen LogP contribution >= 0.6 is 50.5 Å². The Kier molecular flexibility index (Phi) is 18.6. The summed E-state index contributed by atoms with van der Waals surface area (Å²) in [6.45, 7) is 11.4. The van der Waals surface area contributed by atoms with E-state index in [1.54, 1.807) is 0 Å². The molecule has 392 valence electrons. The molecular formula is C68H72O4S4. The lowest BCUT2D eigenvalue weighted by atomic mass is 9.67. The Labute approximate surface area is 474 Å². The van der Waals surface area contributed by atoms with E-state index in [2.05, 4.69) is 248 Å². The second-order valence-corrected chi connectivity index (χ2v) is 21.8. The Balaban J connectivity index is 0.000000186. The molecule has 0 N–H and O–H groups in total. The van der Waals surface area contributed by atoms with Gasteiger partial charge >= 0.3 is 0 Å². The molecule has 0 heterocycles. The van der Waals surface area contributed by atoms with Crippen LogP contribution in [-0.2, 0) is 10.8 Å². The molecule has 0 amide bonds. The predicted octanol–water partition coefficient (Wildman–Crippen LogP) is 16.9. The Hall–Kier alpha value is -5.64. The van der Waals surface area contributed by atoms with Crippen molar-refractivity contribution in [3.05, 3.63) is 237 Å². The normalized spacial score (nSPS) is 13.2. The molecule has 8 aromatic carbocycles. The van der Waals surface area contributed by atoms with Crippen LogP contribution in [-0.4, -0.2) is 49.4 Å². The van der Waals surface area contributed by atoms with Crippen LogP contribution in [0.4, 0.5) is 0 Å². The quantitative estimate of drug-likeness (QED) is 0.0403. The number of fused-ring (bicyclic) bond motifs is 6. The molecule has 0 radical (unpaired) electrons. The predicted molar refractivity (Wildman–Crippen MR) is 332 cm³/mol. The van der Waals surface area contributed by atoms with Crippen molar-refractivity contribution in [1.82, 2.24) is 0 Å². The van der Waals surface area contributed by atoms with E-state index in [1.807, 2.05) is 0 Å². The second-order valence-electron chi connectivity index (χ2n) is 20.0. The van der Waals surface area contributed by atoms with Crippen LogP contribution in [0.15, 0.2) is 170 Å². The zero-order valence-electron chi connectivity index (χ0n) is 44.5. The van der Waals surface area contributed by atoms with Crippen LogP contribution in [0.3, 0.4) is 0 Å². The molecule has 0 saturated carbocycles. The van der Waals surface area contributed by atoms with Gasteiger partial charge in [-0.3, -0.25) is 0 Å². The van der Waals surface area contributed by atoms with E-state index in [-0.39, 0.29) is 0 Å². The summed E-state index contributed by atoms with van der Waals surface area (Å²) in [5.74, 6) is 7.20. The monoisotopic (exact) mass is 1080 g/mol. The summed E-state index contributed by atoms with van der Waals surface area (Å²) in [6.07, 6.45) is 6.00. The number of benzene rings is 8. The number of hydrogen-bond donors (Lipinski definition) is 4. The van der Waals surface area contributed by atoms with E-state index in [0.29, 0.717) is 26.4 Å². The molecule has 0 unspecified atom stereocenters. The maximum atomic E-state index is 6.17. The molecule has 0 atom stereocenters. The Bertz CT molecular complexity index is 3040. The first-order chi connectivity index (χ1) is 37.2. The Morgan fingerprint density at radius 3 is 0.763 bits per heavy atom. The number of thiol groups is 4. The summed E-state index contributed by atoms with van der Waals surface area (Å²) in [6, 6.07) is 62.2. The lowest BCUT2D eigenvalue weighted by molar-refractivity contribution is 0.307. The highest BCUT2D eigenvalue weighted by Gasteiger charge is 2.48. The van der Waals surface area contributed by atoms with Gasteiger partial charge in [0.1, 0.15) is 23.0 Å². The third-order valence-electron chi connectivity index (χ3n) is 15.1. The number of unbranched alkanes of at least 4 members (excludes halogenated alkanes) is 2. The molecule has 0 spiro atoms. The summed E-state index contributed by atoms with van der Waals surface area (Å²) in [5, 5.41) is 0. The van der Waals surface area contributed by atoms with Gasteiger partial charge < -0.3 is 18.9 Å². The summed E-state index contributed by atoms with van der Waals surface area (Å²) >= 11 is 17.3. The van der Waals surface area contributed by atoms with Crippen molar-refractivity contribution < 1.29 is 18.9 Å². The first-order valence-electron chi connectivity index (χ1n) is 27.0. The van der Waals surface area contributed by atoms with E-state index in [0.717, 1.165) is 107 Å². The molecule has 2 aliphatic carbocycles. The topological polar surface area (TPSA) is 36.9 Å². The zero-order chi connectivity index (χ0) is 53.1. The van der Waals surface area contributed by atoms with Gasteiger partial charge in [0.15, 0.2) is 0 Å². The van der Waals surface area contributed by atoms with Gasteiger partial charge in [-0.15, -0.1) is 0 Å². The van der Waals surface area contributed by atoms with Crippen molar-refractivity contribution in [2.45, 2.75) is 77.0 Å². The summed E-state index contributed by atoms with van der Waals surface area (Å²) in [4.78, 5) is 0. The van der Waals surface area contributed by atoms with E-state index in [1.165, 1.54) is 66.8 Å². The number of ether oxygens (including phenoxy) is 4. The van der Waals surface area contributed by atoms with Crippen LogP contribution in [0, 0.1) is 27.7 Å². The molecule has 8 heteroatoms. The summed E-state index contributed by atoms with van der Waals surface area (Å²) in [5.41, 5.74) is 19.1. The largest absolute Gasteiger partial charge is 0.493 e. The maximum absolute atomic E-state index is 6.17. The Morgan fingerprint density at radius 1 is 0.289 bits per heavy atom. The van der Waals surface area contributed by atoms with Gasteiger partial charge in [0, 0.05) is 0 Å². The number of rotatable bonds is 22. The molecule has 2 aliphatic rings.